The normalized spacial score (nSPS) is 12.0. The highest BCUT2D eigenvalue weighted by atomic mass is 16.5. The SMILES string of the molecule is CCCCCCCC/C=C/C(=O)Oc1cnc(-c2ccc(CCC(C)OC(=O)CC)cc2)nc1. The molecule has 0 saturated heterocycles. The molecule has 0 bridgehead atoms. The second-order valence-electron chi connectivity index (χ2n) is 8.51. The minimum Gasteiger partial charge on any atom is -0.463 e. The number of aromatic nitrogens is 2. The Labute approximate surface area is 203 Å². The maximum Gasteiger partial charge on any atom is 0.335 e. The van der Waals surface area contributed by atoms with Crippen LogP contribution in [0.15, 0.2) is 48.8 Å². The molecular formula is C28H38N2O4. The standard InChI is InChI=1S/C28H38N2O4/c1-4-6-7-8-9-10-11-12-13-27(32)34-25-20-29-28(30-21-25)24-18-16-23(17-19-24)15-14-22(3)33-26(31)5-2/h12-13,16-22H,4-11,14-15H2,1-3H3/b13-12+. The first-order valence-corrected chi connectivity index (χ1v) is 12.5. The second-order valence-corrected chi connectivity index (χ2v) is 8.51. The van der Waals surface area contributed by atoms with Crippen LogP contribution in [0.5, 0.6) is 5.75 Å². The number of unbranched alkanes of at least 4 members (excludes halogenated alkanes) is 6. The molecule has 0 aliphatic carbocycles. The fourth-order valence-electron chi connectivity index (χ4n) is 3.45. The molecule has 0 radical (unpaired) electrons. The first-order valence-electron chi connectivity index (χ1n) is 12.5. The second kappa shape index (κ2) is 15.8. The summed E-state index contributed by atoms with van der Waals surface area (Å²) in [6, 6.07) is 7.97. The van der Waals surface area contributed by atoms with E-state index < -0.39 is 5.97 Å². The van der Waals surface area contributed by atoms with Gasteiger partial charge >= 0.3 is 11.9 Å². The lowest BCUT2D eigenvalue weighted by Crippen LogP contribution is -2.14. The van der Waals surface area contributed by atoms with Gasteiger partial charge in [0.2, 0.25) is 0 Å². The van der Waals surface area contributed by atoms with E-state index in [1.807, 2.05) is 37.3 Å². The highest BCUT2D eigenvalue weighted by Gasteiger charge is 2.09. The van der Waals surface area contributed by atoms with Gasteiger partial charge in [0.15, 0.2) is 11.6 Å². The van der Waals surface area contributed by atoms with E-state index in [9.17, 15) is 9.59 Å². The molecule has 1 heterocycles. The lowest BCUT2D eigenvalue weighted by atomic mass is 10.1. The Bertz CT molecular complexity index is 892. The Morgan fingerprint density at radius 3 is 2.32 bits per heavy atom. The van der Waals surface area contributed by atoms with Crippen molar-refractivity contribution in [1.29, 1.82) is 0 Å². The maximum absolute atomic E-state index is 12.0. The molecule has 184 valence electrons. The lowest BCUT2D eigenvalue weighted by molar-refractivity contribution is -0.148. The first kappa shape index (κ1) is 27.2. The average Bonchev–Trinajstić information content (AvgIpc) is 2.85. The molecule has 0 aliphatic heterocycles. The predicted octanol–water partition coefficient (Wildman–Crippen LogP) is 6.63. The average molecular weight is 467 g/mol. The Morgan fingerprint density at radius 1 is 0.971 bits per heavy atom. The number of ether oxygens (including phenoxy) is 2. The number of carbonyl (C=O) groups excluding carboxylic acids is 2. The summed E-state index contributed by atoms with van der Waals surface area (Å²) in [5.41, 5.74) is 2.03. The van der Waals surface area contributed by atoms with Crippen molar-refractivity contribution in [3.05, 3.63) is 54.4 Å². The quantitative estimate of drug-likeness (QED) is 0.166. The van der Waals surface area contributed by atoms with Crippen molar-refractivity contribution < 1.29 is 19.1 Å². The van der Waals surface area contributed by atoms with Gasteiger partial charge in [-0.1, -0.05) is 76.3 Å². The van der Waals surface area contributed by atoms with Gasteiger partial charge in [-0.25, -0.2) is 14.8 Å². The number of nitrogens with zero attached hydrogens (tertiary/aromatic N) is 2. The zero-order chi connectivity index (χ0) is 24.6. The number of carbonyl (C=O) groups is 2. The summed E-state index contributed by atoms with van der Waals surface area (Å²) in [6.07, 6.45) is 16.5. The first-order chi connectivity index (χ1) is 16.5. The minimum atomic E-state index is -0.412. The van der Waals surface area contributed by atoms with Crippen LogP contribution >= 0.6 is 0 Å². The molecule has 1 atom stereocenters. The van der Waals surface area contributed by atoms with Gasteiger partial charge in [0.1, 0.15) is 0 Å². The van der Waals surface area contributed by atoms with E-state index in [1.165, 1.54) is 50.6 Å². The van der Waals surface area contributed by atoms with Gasteiger partial charge < -0.3 is 9.47 Å². The Hall–Kier alpha value is -3.02. The maximum atomic E-state index is 12.0. The third-order valence-electron chi connectivity index (χ3n) is 5.50. The van der Waals surface area contributed by atoms with Gasteiger partial charge in [-0.05, 0) is 38.2 Å². The number of hydrogen-bond donors (Lipinski definition) is 0. The van der Waals surface area contributed by atoms with Gasteiger partial charge in [-0.3, -0.25) is 4.79 Å². The summed E-state index contributed by atoms with van der Waals surface area (Å²) in [5, 5.41) is 0. The summed E-state index contributed by atoms with van der Waals surface area (Å²) in [7, 11) is 0. The van der Waals surface area contributed by atoms with E-state index in [1.54, 1.807) is 6.92 Å². The van der Waals surface area contributed by atoms with Crippen molar-refractivity contribution >= 4 is 11.9 Å². The van der Waals surface area contributed by atoms with Crippen LogP contribution in [-0.4, -0.2) is 28.0 Å². The van der Waals surface area contributed by atoms with Gasteiger partial charge in [-0.2, -0.15) is 0 Å². The molecule has 0 fully saturated rings. The smallest absolute Gasteiger partial charge is 0.335 e. The molecule has 0 amide bonds. The number of hydrogen-bond acceptors (Lipinski definition) is 6. The summed E-state index contributed by atoms with van der Waals surface area (Å²) in [5.74, 6) is 0.309. The lowest BCUT2D eigenvalue weighted by Gasteiger charge is -2.12. The summed E-state index contributed by atoms with van der Waals surface area (Å²) < 4.78 is 10.6. The van der Waals surface area contributed by atoms with Crippen LogP contribution in [0.1, 0.15) is 84.1 Å². The molecule has 0 saturated carbocycles. The van der Waals surface area contributed by atoms with E-state index in [2.05, 4.69) is 16.9 Å². The molecule has 0 N–H and O–H groups in total. The molecule has 6 heteroatoms. The third-order valence-corrected chi connectivity index (χ3v) is 5.50. The van der Waals surface area contributed by atoms with E-state index in [0.717, 1.165) is 36.8 Å². The van der Waals surface area contributed by atoms with E-state index in [0.29, 0.717) is 18.0 Å². The number of benzene rings is 1. The number of allylic oxidation sites excluding steroid dienone is 1. The van der Waals surface area contributed by atoms with Crippen LogP contribution in [-0.2, 0) is 20.7 Å². The zero-order valence-electron chi connectivity index (χ0n) is 20.8. The van der Waals surface area contributed by atoms with E-state index in [-0.39, 0.29) is 12.1 Å². The van der Waals surface area contributed by atoms with Gasteiger partial charge in [0.05, 0.1) is 18.5 Å². The van der Waals surface area contributed by atoms with E-state index in [4.69, 9.17) is 9.47 Å². The Morgan fingerprint density at radius 2 is 1.65 bits per heavy atom. The molecule has 1 aromatic carbocycles. The minimum absolute atomic E-state index is 0.101. The molecular weight excluding hydrogens is 428 g/mol. The molecule has 6 nitrogen and oxygen atoms in total. The topological polar surface area (TPSA) is 78.4 Å². The van der Waals surface area contributed by atoms with Crippen molar-refractivity contribution in [2.45, 2.75) is 91.1 Å². The summed E-state index contributed by atoms with van der Waals surface area (Å²) in [6.45, 7) is 5.92. The Balaban J connectivity index is 1.75. The summed E-state index contributed by atoms with van der Waals surface area (Å²) >= 11 is 0. The molecule has 1 aromatic heterocycles. The summed E-state index contributed by atoms with van der Waals surface area (Å²) in [4.78, 5) is 32.0. The van der Waals surface area contributed by atoms with Crippen LogP contribution < -0.4 is 4.74 Å². The monoisotopic (exact) mass is 466 g/mol. The van der Waals surface area contributed by atoms with Gasteiger partial charge in [0, 0.05) is 18.1 Å². The van der Waals surface area contributed by atoms with E-state index >= 15 is 0 Å². The van der Waals surface area contributed by atoms with Crippen molar-refractivity contribution in [2.75, 3.05) is 0 Å². The zero-order valence-corrected chi connectivity index (χ0v) is 20.8. The third kappa shape index (κ3) is 10.7. The van der Waals surface area contributed by atoms with Crippen LogP contribution in [0.3, 0.4) is 0 Å². The molecule has 2 rings (SSSR count). The molecule has 1 unspecified atom stereocenters. The molecule has 0 spiro atoms. The van der Waals surface area contributed by atoms with Crippen LogP contribution in [0, 0.1) is 0 Å². The highest BCUT2D eigenvalue weighted by Crippen LogP contribution is 2.19. The van der Waals surface area contributed by atoms with Gasteiger partial charge in [0.25, 0.3) is 0 Å². The molecule has 34 heavy (non-hydrogen) atoms. The number of esters is 2. The van der Waals surface area contributed by atoms with Gasteiger partial charge in [-0.15, -0.1) is 0 Å². The fourth-order valence-corrected chi connectivity index (χ4v) is 3.45. The number of aryl methyl sites for hydroxylation is 1. The van der Waals surface area contributed by atoms with Crippen molar-refractivity contribution in [3.8, 4) is 17.1 Å². The molecule has 2 aromatic rings. The van der Waals surface area contributed by atoms with Crippen molar-refractivity contribution in [1.82, 2.24) is 9.97 Å². The Kier molecular flexibility index (Phi) is 12.6. The van der Waals surface area contributed by atoms with Crippen LogP contribution in [0.25, 0.3) is 11.4 Å². The predicted molar refractivity (Wildman–Crippen MR) is 134 cm³/mol. The van der Waals surface area contributed by atoms with Crippen molar-refractivity contribution in [3.63, 3.8) is 0 Å². The number of rotatable bonds is 15. The van der Waals surface area contributed by atoms with Crippen molar-refractivity contribution in [2.24, 2.45) is 0 Å². The largest absolute Gasteiger partial charge is 0.463 e. The fraction of sp³-hybridized carbons (Fsp3) is 0.500. The van der Waals surface area contributed by atoms with Crippen LogP contribution in [0.2, 0.25) is 0 Å². The highest BCUT2D eigenvalue weighted by molar-refractivity contribution is 5.83. The molecule has 0 aliphatic rings. The van der Waals surface area contributed by atoms with Crippen LogP contribution in [0.4, 0.5) is 0 Å².